The lowest BCUT2D eigenvalue weighted by Crippen LogP contribution is -2.35. The van der Waals surface area contributed by atoms with Crippen LogP contribution >= 0.6 is 0 Å². The maximum atomic E-state index is 14.1. The maximum Gasteiger partial charge on any atom is 0.321 e. The van der Waals surface area contributed by atoms with Crippen molar-refractivity contribution in [1.29, 1.82) is 0 Å². The number of nitrogens with zero attached hydrogens (tertiary/aromatic N) is 2. The van der Waals surface area contributed by atoms with Crippen LogP contribution in [-0.2, 0) is 4.74 Å². The van der Waals surface area contributed by atoms with Gasteiger partial charge in [0, 0.05) is 43.0 Å². The van der Waals surface area contributed by atoms with Crippen LogP contribution in [0.1, 0.15) is 12.8 Å². The van der Waals surface area contributed by atoms with Crippen molar-refractivity contribution in [3.8, 4) is 5.69 Å². The number of halogens is 1. The fourth-order valence-corrected chi connectivity index (χ4v) is 4.61. The minimum absolute atomic E-state index is 0.112. The van der Waals surface area contributed by atoms with E-state index in [1.807, 2.05) is 17.0 Å². The number of likely N-dealkylation sites (tertiary alicyclic amines) is 1. The molecule has 25 heavy (non-hydrogen) atoms. The molecule has 0 unspecified atom stereocenters. The summed E-state index contributed by atoms with van der Waals surface area (Å²) in [6.07, 6.45) is 6.47. The molecule has 130 valence electrons. The first-order chi connectivity index (χ1) is 12.2. The number of carbonyl (C=O) groups is 1. The highest BCUT2D eigenvalue weighted by Gasteiger charge is 2.53. The Morgan fingerprint density at radius 3 is 2.48 bits per heavy atom. The zero-order valence-corrected chi connectivity index (χ0v) is 13.8. The molecule has 1 aromatic heterocycles. The fourth-order valence-electron chi connectivity index (χ4n) is 4.61. The number of rotatable bonds is 2. The largest absolute Gasteiger partial charge is 0.374 e. The quantitative estimate of drug-likeness (QED) is 0.911. The lowest BCUT2D eigenvalue weighted by atomic mass is 9.82. The molecule has 3 saturated heterocycles. The van der Waals surface area contributed by atoms with Crippen molar-refractivity contribution < 1.29 is 13.9 Å². The highest BCUT2D eigenvalue weighted by molar-refractivity contribution is 5.90. The Morgan fingerprint density at radius 1 is 1.12 bits per heavy atom. The second-order valence-corrected chi connectivity index (χ2v) is 7.21. The van der Waals surface area contributed by atoms with E-state index in [1.165, 1.54) is 6.07 Å². The molecule has 4 atom stereocenters. The standard InChI is InChI=1S/C19H20FN3O2/c20-15-4-3-12(9-16(15)22-7-1-2-8-22)21-19(24)23-10-13-14(11-23)18-6-5-17(13)25-18/h1-4,7-9,13-14,17-18H,5-6,10-11H2,(H,21,24)/t13-,14+,17-,18-/m1/s1. The monoisotopic (exact) mass is 341 g/mol. The average Bonchev–Trinajstić information content (AvgIpc) is 3.37. The van der Waals surface area contributed by atoms with E-state index in [0.717, 1.165) is 25.9 Å². The van der Waals surface area contributed by atoms with Crippen LogP contribution in [0.4, 0.5) is 14.9 Å². The molecular weight excluding hydrogens is 321 g/mol. The predicted molar refractivity (Wildman–Crippen MR) is 91.2 cm³/mol. The lowest BCUT2D eigenvalue weighted by Gasteiger charge is -2.20. The van der Waals surface area contributed by atoms with Gasteiger partial charge in [0.25, 0.3) is 0 Å². The minimum Gasteiger partial charge on any atom is -0.374 e. The summed E-state index contributed by atoms with van der Waals surface area (Å²) in [5, 5.41) is 2.92. The number of benzene rings is 1. The number of fused-ring (bicyclic) bond motifs is 5. The van der Waals surface area contributed by atoms with Gasteiger partial charge >= 0.3 is 6.03 Å². The third-order valence-electron chi connectivity index (χ3n) is 5.82. The Hall–Kier alpha value is -2.34. The maximum absolute atomic E-state index is 14.1. The number of anilines is 1. The van der Waals surface area contributed by atoms with E-state index in [-0.39, 0.29) is 11.8 Å². The van der Waals surface area contributed by atoms with E-state index < -0.39 is 0 Å². The van der Waals surface area contributed by atoms with Gasteiger partial charge in [-0.2, -0.15) is 0 Å². The molecule has 3 fully saturated rings. The number of urea groups is 1. The summed E-state index contributed by atoms with van der Waals surface area (Å²) >= 11 is 0. The molecule has 4 heterocycles. The first kappa shape index (κ1) is 15.0. The van der Waals surface area contributed by atoms with Gasteiger partial charge in [-0.25, -0.2) is 9.18 Å². The van der Waals surface area contributed by atoms with Crippen LogP contribution in [0.25, 0.3) is 5.69 Å². The Bertz CT molecular complexity index is 789. The molecular formula is C19H20FN3O2. The van der Waals surface area contributed by atoms with E-state index in [2.05, 4.69) is 5.32 Å². The van der Waals surface area contributed by atoms with Gasteiger partial charge in [-0.05, 0) is 43.2 Å². The molecule has 0 spiro atoms. The third-order valence-corrected chi connectivity index (χ3v) is 5.82. The van der Waals surface area contributed by atoms with Crippen LogP contribution in [0.2, 0.25) is 0 Å². The number of hydrogen-bond donors (Lipinski definition) is 1. The lowest BCUT2D eigenvalue weighted by molar-refractivity contribution is 0.0747. The van der Waals surface area contributed by atoms with Gasteiger partial charge in [0.1, 0.15) is 5.82 Å². The highest BCUT2D eigenvalue weighted by Crippen LogP contribution is 2.47. The molecule has 2 aromatic rings. The summed E-state index contributed by atoms with van der Waals surface area (Å²) in [6.45, 7) is 1.51. The SMILES string of the molecule is O=C(Nc1ccc(F)c(-n2cccc2)c1)N1C[C@@H]2[C@H](C1)[C@H]1CC[C@H]2O1. The first-order valence-corrected chi connectivity index (χ1v) is 8.83. The summed E-state index contributed by atoms with van der Waals surface area (Å²) in [4.78, 5) is 14.5. The van der Waals surface area contributed by atoms with E-state index in [4.69, 9.17) is 4.74 Å². The van der Waals surface area contributed by atoms with E-state index in [0.29, 0.717) is 35.4 Å². The van der Waals surface area contributed by atoms with Crippen molar-refractivity contribution in [2.45, 2.75) is 25.0 Å². The number of nitrogens with one attached hydrogen (secondary N) is 1. The van der Waals surface area contributed by atoms with Gasteiger partial charge in [0.2, 0.25) is 0 Å². The summed E-state index contributed by atoms with van der Waals surface area (Å²) in [7, 11) is 0. The fraction of sp³-hybridized carbons (Fsp3) is 0.421. The number of amides is 2. The molecule has 0 aliphatic carbocycles. The van der Waals surface area contributed by atoms with Gasteiger partial charge in [-0.1, -0.05) is 0 Å². The molecule has 5 nitrogen and oxygen atoms in total. The van der Waals surface area contributed by atoms with Gasteiger partial charge in [0.15, 0.2) is 0 Å². The average molecular weight is 341 g/mol. The number of ether oxygens (including phenoxy) is 1. The Labute approximate surface area is 145 Å². The molecule has 1 aromatic carbocycles. The highest BCUT2D eigenvalue weighted by atomic mass is 19.1. The smallest absolute Gasteiger partial charge is 0.321 e. The van der Waals surface area contributed by atoms with Gasteiger partial charge < -0.3 is 19.5 Å². The first-order valence-electron chi connectivity index (χ1n) is 8.83. The van der Waals surface area contributed by atoms with Crippen LogP contribution in [0.5, 0.6) is 0 Å². The van der Waals surface area contributed by atoms with Crippen LogP contribution in [0.15, 0.2) is 42.7 Å². The zero-order chi connectivity index (χ0) is 17.0. The van der Waals surface area contributed by atoms with Crippen LogP contribution in [0, 0.1) is 17.7 Å². The molecule has 1 N–H and O–H groups in total. The molecule has 6 heteroatoms. The Balaban J connectivity index is 1.31. The Kier molecular flexibility index (Phi) is 3.35. The van der Waals surface area contributed by atoms with Crippen molar-refractivity contribution in [2.75, 3.05) is 18.4 Å². The zero-order valence-electron chi connectivity index (χ0n) is 13.8. The molecule has 3 aliphatic heterocycles. The summed E-state index contributed by atoms with van der Waals surface area (Å²) < 4.78 is 21.7. The molecule has 2 amide bonds. The van der Waals surface area contributed by atoms with Crippen molar-refractivity contribution in [3.05, 3.63) is 48.5 Å². The molecule has 0 saturated carbocycles. The Morgan fingerprint density at radius 2 is 1.80 bits per heavy atom. The molecule has 5 rings (SSSR count). The number of carbonyl (C=O) groups excluding carboxylic acids is 1. The van der Waals surface area contributed by atoms with Crippen LogP contribution in [0.3, 0.4) is 0 Å². The third kappa shape index (κ3) is 2.43. The predicted octanol–water partition coefficient (Wildman–Crippen LogP) is 3.26. The topological polar surface area (TPSA) is 46.5 Å². The van der Waals surface area contributed by atoms with Crippen molar-refractivity contribution in [1.82, 2.24) is 9.47 Å². The molecule has 3 aliphatic rings. The second-order valence-electron chi connectivity index (χ2n) is 7.21. The van der Waals surface area contributed by atoms with E-state index in [1.54, 1.807) is 29.1 Å². The van der Waals surface area contributed by atoms with Crippen molar-refractivity contribution >= 4 is 11.7 Å². The normalized spacial score (nSPS) is 29.9. The number of aromatic nitrogens is 1. The van der Waals surface area contributed by atoms with Gasteiger partial charge in [-0.3, -0.25) is 0 Å². The molecule has 0 radical (unpaired) electrons. The van der Waals surface area contributed by atoms with Crippen molar-refractivity contribution in [3.63, 3.8) is 0 Å². The molecule has 2 bridgehead atoms. The summed E-state index contributed by atoms with van der Waals surface area (Å²) in [5.41, 5.74) is 1.03. The van der Waals surface area contributed by atoms with Crippen LogP contribution < -0.4 is 5.32 Å². The summed E-state index contributed by atoms with van der Waals surface area (Å²) in [5.74, 6) is 0.639. The minimum atomic E-state index is -0.321. The second kappa shape index (κ2) is 5.59. The van der Waals surface area contributed by atoms with Gasteiger partial charge in [-0.15, -0.1) is 0 Å². The van der Waals surface area contributed by atoms with E-state index >= 15 is 0 Å². The van der Waals surface area contributed by atoms with Gasteiger partial charge in [0.05, 0.1) is 17.9 Å². The number of hydrogen-bond acceptors (Lipinski definition) is 2. The van der Waals surface area contributed by atoms with Crippen molar-refractivity contribution in [2.24, 2.45) is 11.8 Å². The summed E-state index contributed by atoms with van der Waals surface area (Å²) in [6, 6.07) is 8.21. The van der Waals surface area contributed by atoms with E-state index in [9.17, 15) is 9.18 Å². The van der Waals surface area contributed by atoms with Crippen LogP contribution in [-0.4, -0.2) is 40.8 Å².